The van der Waals surface area contributed by atoms with E-state index in [9.17, 15) is 4.79 Å². The molecule has 0 aliphatic rings. The molecule has 0 unspecified atom stereocenters. The zero-order valence-corrected chi connectivity index (χ0v) is 11.5. The van der Waals surface area contributed by atoms with Crippen molar-refractivity contribution in [1.82, 2.24) is 25.2 Å². The van der Waals surface area contributed by atoms with Gasteiger partial charge in [0.05, 0.1) is 12.2 Å². The van der Waals surface area contributed by atoms with Crippen molar-refractivity contribution in [2.24, 2.45) is 0 Å². The van der Waals surface area contributed by atoms with Crippen molar-refractivity contribution < 1.29 is 9.32 Å². The van der Waals surface area contributed by atoms with Gasteiger partial charge in [0.1, 0.15) is 11.6 Å². The van der Waals surface area contributed by atoms with Crippen LogP contribution in [0.4, 0.5) is 0 Å². The highest BCUT2D eigenvalue weighted by Gasteiger charge is 2.19. The SMILES string of the molecule is CCc1nc(C(=O)N(C)Cc2c(C)noc2C)n[nH]1. The highest BCUT2D eigenvalue weighted by molar-refractivity contribution is 5.90. The Morgan fingerprint density at radius 1 is 1.42 bits per heavy atom. The third-order valence-electron chi connectivity index (χ3n) is 2.98. The molecule has 0 atom stereocenters. The molecule has 2 aromatic heterocycles. The Hall–Kier alpha value is -2.18. The predicted octanol–water partition coefficient (Wildman–Crippen LogP) is 1.24. The predicted molar refractivity (Wildman–Crippen MR) is 67.5 cm³/mol. The smallest absolute Gasteiger partial charge is 0.293 e. The first-order valence-electron chi connectivity index (χ1n) is 6.11. The number of rotatable bonds is 4. The molecule has 2 rings (SSSR count). The second kappa shape index (κ2) is 5.21. The van der Waals surface area contributed by atoms with Crippen LogP contribution in [0.2, 0.25) is 0 Å². The average molecular weight is 263 g/mol. The minimum absolute atomic E-state index is 0.186. The minimum atomic E-state index is -0.226. The summed E-state index contributed by atoms with van der Waals surface area (Å²) in [5.41, 5.74) is 1.71. The van der Waals surface area contributed by atoms with Crippen LogP contribution >= 0.6 is 0 Å². The molecular weight excluding hydrogens is 246 g/mol. The number of amides is 1. The number of carbonyl (C=O) groups excluding carboxylic acids is 1. The monoisotopic (exact) mass is 263 g/mol. The Morgan fingerprint density at radius 3 is 2.68 bits per heavy atom. The van der Waals surface area contributed by atoms with Gasteiger partial charge in [0.25, 0.3) is 5.91 Å². The Morgan fingerprint density at radius 2 is 2.16 bits per heavy atom. The normalized spacial score (nSPS) is 10.7. The first-order valence-corrected chi connectivity index (χ1v) is 6.11. The van der Waals surface area contributed by atoms with Crippen LogP contribution in [0.5, 0.6) is 0 Å². The molecule has 2 heterocycles. The molecule has 0 saturated heterocycles. The molecule has 102 valence electrons. The quantitative estimate of drug-likeness (QED) is 0.896. The Kier molecular flexibility index (Phi) is 3.64. The summed E-state index contributed by atoms with van der Waals surface area (Å²) in [7, 11) is 1.70. The van der Waals surface area contributed by atoms with Crippen LogP contribution in [0, 0.1) is 13.8 Å². The van der Waals surface area contributed by atoms with Gasteiger partial charge < -0.3 is 9.42 Å². The molecule has 0 radical (unpaired) electrons. The number of hydrogen-bond acceptors (Lipinski definition) is 5. The number of carbonyl (C=O) groups is 1. The zero-order valence-electron chi connectivity index (χ0n) is 11.5. The summed E-state index contributed by atoms with van der Waals surface area (Å²) in [6.45, 7) is 6.06. The zero-order chi connectivity index (χ0) is 14.0. The maximum Gasteiger partial charge on any atom is 0.293 e. The standard InChI is InChI=1S/C12H17N5O2/c1-5-10-13-11(15-14-10)12(18)17(4)6-9-7(2)16-19-8(9)3/h5-6H2,1-4H3,(H,13,14,15). The van der Waals surface area contributed by atoms with Crippen molar-refractivity contribution in [2.75, 3.05) is 7.05 Å². The summed E-state index contributed by atoms with van der Waals surface area (Å²) in [5.74, 6) is 1.39. The Balaban J connectivity index is 2.11. The lowest BCUT2D eigenvalue weighted by molar-refractivity contribution is 0.0773. The molecule has 19 heavy (non-hydrogen) atoms. The van der Waals surface area contributed by atoms with Crippen molar-refractivity contribution in [3.05, 3.63) is 28.7 Å². The van der Waals surface area contributed by atoms with Gasteiger partial charge in [-0.25, -0.2) is 4.98 Å². The van der Waals surface area contributed by atoms with Crippen LogP contribution in [0.15, 0.2) is 4.52 Å². The van der Waals surface area contributed by atoms with E-state index in [2.05, 4.69) is 20.3 Å². The van der Waals surface area contributed by atoms with Crippen LogP contribution in [-0.4, -0.2) is 38.2 Å². The summed E-state index contributed by atoms with van der Waals surface area (Å²) < 4.78 is 5.08. The number of nitrogens with one attached hydrogen (secondary N) is 1. The average Bonchev–Trinajstić information content (AvgIpc) is 2.99. The van der Waals surface area contributed by atoms with E-state index in [1.165, 1.54) is 0 Å². The minimum Gasteiger partial charge on any atom is -0.361 e. The van der Waals surface area contributed by atoms with Crippen LogP contribution < -0.4 is 0 Å². The van der Waals surface area contributed by atoms with Gasteiger partial charge in [-0.05, 0) is 13.8 Å². The number of hydrogen-bond donors (Lipinski definition) is 1. The van der Waals surface area contributed by atoms with Gasteiger partial charge in [-0.2, -0.15) is 0 Å². The van der Waals surface area contributed by atoms with E-state index in [0.717, 1.165) is 17.0 Å². The lowest BCUT2D eigenvalue weighted by Crippen LogP contribution is -2.27. The number of aromatic amines is 1. The van der Waals surface area contributed by atoms with Gasteiger partial charge in [0.15, 0.2) is 0 Å². The summed E-state index contributed by atoms with van der Waals surface area (Å²) in [6.07, 6.45) is 0.716. The molecule has 7 heteroatoms. The van der Waals surface area contributed by atoms with Crippen LogP contribution in [0.25, 0.3) is 0 Å². The molecular formula is C12H17N5O2. The Bertz CT molecular complexity index is 567. The third-order valence-corrected chi connectivity index (χ3v) is 2.98. The topological polar surface area (TPSA) is 87.9 Å². The van der Waals surface area contributed by atoms with E-state index in [-0.39, 0.29) is 11.7 Å². The first kappa shape index (κ1) is 13.3. The van der Waals surface area contributed by atoms with Crippen LogP contribution in [0.1, 0.15) is 40.4 Å². The highest BCUT2D eigenvalue weighted by Crippen LogP contribution is 2.15. The van der Waals surface area contributed by atoms with Gasteiger partial charge in [-0.1, -0.05) is 12.1 Å². The van der Waals surface area contributed by atoms with Crippen molar-refractivity contribution >= 4 is 5.91 Å². The molecule has 7 nitrogen and oxygen atoms in total. The number of aromatic nitrogens is 4. The molecule has 0 aliphatic carbocycles. The molecule has 1 N–H and O–H groups in total. The lowest BCUT2D eigenvalue weighted by atomic mass is 10.2. The van der Waals surface area contributed by atoms with Gasteiger partial charge in [-0.15, -0.1) is 5.10 Å². The van der Waals surface area contributed by atoms with Crippen molar-refractivity contribution in [2.45, 2.75) is 33.7 Å². The second-order valence-electron chi connectivity index (χ2n) is 4.42. The van der Waals surface area contributed by atoms with Crippen LogP contribution in [0.3, 0.4) is 0 Å². The Labute approximate surface area is 111 Å². The summed E-state index contributed by atoms with van der Waals surface area (Å²) in [4.78, 5) is 17.8. The maximum absolute atomic E-state index is 12.2. The van der Waals surface area contributed by atoms with Crippen molar-refractivity contribution in [1.29, 1.82) is 0 Å². The molecule has 0 fully saturated rings. The van der Waals surface area contributed by atoms with E-state index in [1.54, 1.807) is 11.9 Å². The summed E-state index contributed by atoms with van der Waals surface area (Å²) >= 11 is 0. The van der Waals surface area contributed by atoms with E-state index in [1.807, 2.05) is 20.8 Å². The maximum atomic E-state index is 12.2. The summed E-state index contributed by atoms with van der Waals surface area (Å²) in [5, 5.41) is 10.5. The van der Waals surface area contributed by atoms with E-state index in [0.29, 0.717) is 18.8 Å². The second-order valence-corrected chi connectivity index (χ2v) is 4.42. The molecule has 1 amide bonds. The van der Waals surface area contributed by atoms with Gasteiger partial charge in [0.2, 0.25) is 5.82 Å². The highest BCUT2D eigenvalue weighted by atomic mass is 16.5. The largest absolute Gasteiger partial charge is 0.361 e. The fourth-order valence-corrected chi connectivity index (χ4v) is 1.76. The number of aryl methyl sites for hydroxylation is 3. The fourth-order valence-electron chi connectivity index (χ4n) is 1.76. The molecule has 0 spiro atoms. The molecule has 0 saturated carbocycles. The first-order chi connectivity index (χ1) is 9.02. The fraction of sp³-hybridized carbons (Fsp3) is 0.500. The molecule has 0 aliphatic heterocycles. The number of nitrogens with zero attached hydrogens (tertiary/aromatic N) is 4. The van der Waals surface area contributed by atoms with Crippen molar-refractivity contribution in [3.8, 4) is 0 Å². The van der Waals surface area contributed by atoms with Gasteiger partial charge in [0, 0.05) is 19.0 Å². The lowest BCUT2D eigenvalue weighted by Gasteiger charge is -2.14. The van der Waals surface area contributed by atoms with Crippen molar-refractivity contribution in [3.63, 3.8) is 0 Å². The number of H-pyrrole nitrogens is 1. The summed E-state index contributed by atoms with van der Waals surface area (Å²) in [6, 6.07) is 0. The molecule has 0 aromatic carbocycles. The van der Waals surface area contributed by atoms with Crippen LogP contribution in [-0.2, 0) is 13.0 Å². The van der Waals surface area contributed by atoms with E-state index < -0.39 is 0 Å². The molecule has 2 aromatic rings. The van der Waals surface area contributed by atoms with E-state index in [4.69, 9.17) is 4.52 Å². The molecule has 0 bridgehead atoms. The van der Waals surface area contributed by atoms with Gasteiger partial charge >= 0.3 is 0 Å². The van der Waals surface area contributed by atoms with Gasteiger partial charge in [-0.3, -0.25) is 9.89 Å². The third kappa shape index (κ3) is 2.64. The van der Waals surface area contributed by atoms with E-state index >= 15 is 0 Å².